The van der Waals surface area contributed by atoms with Crippen molar-refractivity contribution in [1.82, 2.24) is 9.78 Å². The van der Waals surface area contributed by atoms with E-state index in [9.17, 15) is 9.59 Å². The summed E-state index contributed by atoms with van der Waals surface area (Å²) in [7, 11) is 1.26. The van der Waals surface area contributed by atoms with Gasteiger partial charge < -0.3 is 15.6 Å². The number of carbonyl (C=O) groups is 2. The Balaban J connectivity index is 2.30. The molecule has 0 aliphatic rings. The number of aliphatic carboxylic acids is 1. The van der Waals surface area contributed by atoms with Crippen molar-refractivity contribution in [2.75, 3.05) is 12.8 Å². The highest BCUT2D eigenvalue weighted by Crippen LogP contribution is 2.18. The second-order valence-electron chi connectivity index (χ2n) is 4.08. The van der Waals surface area contributed by atoms with Crippen molar-refractivity contribution in [1.29, 1.82) is 0 Å². The van der Waals surface area contributed by atoms with Crippen LogP contribution in [0.3, 0.4) is 0 Å². The van der Waals surface area contributed by atoms with Crippen molar-refractivity contribution < 1.29 is 19.4 Å². The Morgan fingerprint density at radius 3 is 2.55 bits per heavy atom. The third-order valence-electron chi connectivity index (χ3n) is 2.75. The van der Waals surface area contributed by atoms with Crippen LogP contribution in [0, 0.1) is 0 Å². The number of nitrogen functional groups attached to an aromatic ring is 1. The van der Waals surface area contributed by atoms with E-state index in [1.807, 2.05) is 0 Å². The van der Waals surface area contributed by atoms with Crippen molar-refractivity contribution in [3.05, 3.63) is 41.6 Å². The van der Waals surface area contributed by atoms with Gasteiger partial charge in [0.15, 0.2) is 0 Å². The summed E-state index contributed by atoms with van der Waals surface area (Å²) in [5.41, 5.74) is 7.32. The number of carboxylic acids is 1. The van der Waals surface area contributed by atoms with Gasteiger partial charge in [-0.05, 0) is 17.7 Å². The van der Waals surface area contributed by atoms with E-state index in [1.54, 1.807) is 24.3 Å². The molecule has 1 aromatic heterocycles. The molecule has 0 unspecified atom stereocenters. The molecule has 0 atom stereocenters. The summed E-state index contributed by atoms with van der Waals surface area (Å²) in [6.07, 6.45) is 1.27. The molecule has 0 radical (unpaired) electrons. The molecule has 0 saturated carbocycles. The number of hydrogen-bond donors (Lipinski definition) is 2. The Kier molecular flexibility index (Phi) is 3.69. The predicted octanol–water partition coefficient (Wildman–Crippen LogP) is 0.868. The van der Waals surface area contributed by atoms with Crippen LogP contribution in [0.25, 0.3) is 5.69 Å². The maximum Gasteiger partial charge on any atom is 0.343 e. The Morgan fingerprint density at radius 1 is 1.35 bits per heavy atom. The van der Waals surface area contributed by atoms with Crippen molar-refractivity contribution in [3.8, 4) is 5.69 Å². The van der Waals surface area contributed by atoms with Gasteiger partial charge in [0.1, 0.15) is 11.4 Å². The van der Waals surface area contributed by atoms with Crippen molar-refractivity contribution in [2.24, 2.45) is 0 Å². The van der Waals surface area contributed by atoms with Crippen LogP contribution in [0.4, 0.5) is 5.82 Å². The molecule has 1 aromatic carbocycles. The van der Waals surface area contributed by atoms with Crippen LogP contribution in [0.1, 0.15) is 15.9 Å². The van der Waals surface area contributed by atoms with Crippen LogP contribution >= 0.6 is 0 Å². The first-order valence-electron chi connectivity index (χ1n) is 5.76. The first-order valence-corrected chi connectivity index (χ1v) is 5.76. The second kappa shape index (κ2) is 5.43. The van der Waals surface area contributed by atoms with Gasteiger partial charge in [-0.2, -0.15) is 5.10 Å². The highest BCUT2D eigenvalue weighted by Gasteiger charge is 2.16. The van der Waals surface area contributed by atoms with E-state index in [4.69, 9.17) is 10.8 Å². The second-order valence-corrected chi connectivity index (χ2v) is 4.08. The summed E-state index contributed by atoms with van der Waals surface area (Å²) in [6.45, 7) is 0. The molecule has 2 aromatic rings. The number of nitrogens with zero attached hydrogens (tertiary/aromatic N) is 2. The predicted molar refractivity (Wildman–Crippen MR) is 70.7 cm³/mol. The van der Waals surface area contributed by atoms with Crippen LogP contribution in [-0.4, -0.2) is 33.9 Å². The van der Waals surface area contributed by atoms with Gasteiger partial charge in [0.25, 0.3) is 0 Å². The third kappa shape index (κ3) is 2.61. The summed E-state index contributed by atoms with van der Waals surface area (Å²) in [5.74, 6) is -1.29. The lowest BCUT2D eigenvalue weighted by Gasteiger charge is -2.05. The van der Waals surface area contributed by atoms with Gasteiger partial charge in [-0.3, -0.25) is 4.79 Å². The largest absolute Gasteiger partial charge is 0.481 e. The normalized spacial score (nSPS) is 10.2. The lowest BCUT2D eigenvalue weighted by Crippen LogP contribution is -2.07. The van der Waals surface area contributed by atoms with Gasteiger partial charge in [-0.25, -0.2) is 9.48 Å². The number of nitrogens with two attached hydrogens (primary N) is 1. The molecule has 7 nitrogen and oxygen atoms in total. The first kappa shape index (κ1) is 13.6. The van der Waals surface area contributed by atoms with Crippen LogP contribution in [0.5, 0.6) is 0 Å². The van der Waals surface area contributed by atoms with Crippen molar-refractivity contribution in [2.45, 2.75) is 6.42 Å². The lowest BCUT2D eigenvalue weighted by molar-refractivity contribution is -0.136. The van der Waals surface area contributed by atoms with E-state index in [-0.39, 0.29) is 17.8 Å². The van der Waals surface area contributed by atoms with Crippen LogP contribution in [0.15, 0.2) is 30.5 Å². The zero-order valence-electron chi connectivity index (χ0n) is 10.7. The molecule has 3 N–H and O–H groups in total. The number of hydrogen-bond acceptors (Lipinski definition) is 5. The fraction of sp³-hybridized carbons (Fsp3) is 0.154. The van der Waals surface area contributed by atoms with Gasteiger partial charge in [0.05, 0.1) is 25.4 Å². The number of esters is 1. The first-order chi connectivity index (χ1) is 9.52. The lowest BCUT2D eigenvalue weighted by atomic mass is 10.1. The quantitative estimate of drug-likeness (QED) is 0.801. The summed E-state index contributed by atoms with van der Waals surface area (Å²) >= 11 is 0. The van der Waals surface area contributed by atoms with Crippen LogP contribution < -0.4 is 5.73 Å². The van der Waals surface area contributed by atoms with E-state index in [0.29, 0.717) is 11.3 Å². The number of ether oxygens (including phenoxy) is 1. The van der Waals surface area contributed by atoms with Gasteiger partial charge in [-0.1, -0.05) is 12.1 Å². The number of benzene rings is 1. The number of carboxylic acid groups (broad SMARTS) is 1. The minimum absolute atomic E-state index is 0.0533. The van der Waals surface area contributed by atoms with Gasteiger partial charge in [-0.15, -0.1) is 0 Å². The van der Waals surface area contributed by atoms with Gasteiger partial charge in [0, 0.05) is 0 Å². The van der Waals surface area contributed by atoms with Crippen LogP contribution in [-0.2, 0) is 16.0 Å². The summed E-state index contributed by atoms with van der Waals surface area (Å²) in [4.78, 5) is 22.0. The monoisotopic (exact) mass is 275 g/mol. The average Bonchev–Trinajstić information content (AvgIpc) is 2.80. The fourth-order valence-electron chi connectivity index (χ4n) is 1.76. The summed E-state index contributed by atoms with van der Waals surface area (Å²) in [6, 6.07) is 6.70. The maximum absolute atomic E-state index is 11.4. The molecule has 0 aliphatic carbocycles. The zero-order valence-corrected chi connectivity index (χ0v) is 10.7. The van der Waals surface area contributed by atoms with Crippen molar-refractivity contribution in [3.63, 3.8) is 0 Å². The van der Waals surface area contributed by atoms with Crippen LogP contribution in [0.2, 0.25) is 0 Å². The molecule has 0 bridgehead atoms. The van der Waals surface area contributed by atoms with E-state index < -0.39 is 11.9 Å². The molecule has 20 heavy (non-hydrogen) atoms. The minimum atomic E-state index is -0.899. The molecule has 0 saturated heterocycles. The van der Waals surface area contributed by atoms with E-state index in [2.05, 4.69) is 9.84 Å². The Morgan fingerprint density at radius 2 is 2.00 bits per heavy atom. The number of rotatable bonds is 4. The third-order valence-corrected chi connectivity index (χ3v) is 2.75. The molecule has 104 valence electrons. The molecular formula is C13H13N3O4. The Labute approximate surface area is 114 Å². The number of aromatic nitrogens is 2. The van der Waals surface area contributed by atoms with Crippen molar-refractivity contribution >= 4 is 17.8 Å². The zero-order chi connectivity index (χ0) is 14.7. The standard InChI is InChI=1S/C13H13N3O4/c1-20-13(19)10-7-15-16(12(10)14)9-4-2-8(3-5-9)6-11(17)18/h2-5,7H,6,14H2,1H3,(H,17,18). The molecule has 0 fully saturated rings. The Bertz CT molecular complexity index is 646. The highest BCUT2D eigenvalue weighted by molar-refractivity contribution is 5.94. The van der Waals surface area contributed by atoms with Gasteiger partial charge >= 0.3 is 11.9 Å². The minimum Gasteiger partial charge on any atom is -0.481 e. The molecular weight excluding hydrogens is 262 g/mol. The summed E-state index contributed by atoms with van der Waals surface area (Å²) in [5, 5.41) is 12.7. The molecule has 1 heterocycles. The number of methoxy groups -OCH3 is 1. The smallest absolute Gasteiger partial charge is 0.343 e. The highest BCUT2D eigenvalue weighted by atomic mass is 16.5. The topological polar surface area (TPSA) is 107 Å². The fourth-order valence-corrected chi connectivity index (χ4v) is 1.76. The SMILES string of the molecule is COC(=O)c1cnn(-c2ccc(CC(=O)O)cc2)c1N. The molecule has 2 rings (SSSR count). The number of carbonyl (C=O) groups excluding carboxylic acids is 1. The van der Waals surface area contributed by atoms with E-state index >= 15 is 0 Å². The summed E-state index contributed by atoms with van der Waals surface area (Å²) < 4.78 is 5.98. The van der Waals surface area contributed by atoms with Gasteiger partial charge in [0.2, 0.25) is 0 Å². The molecule has 7 heteroatoms. The molecule has 0 amide bonds. The average molecular weight is 275 g/mol. The number of anilines is 1. The van der Waals surface area contributed by atoms with E-state index in [1.165, 1.54) is 18.0 Å². The maximum atomic E-state index is 11.4. The molecule has 0 aliphatic heterocycles. The Hall–Kier alpha value is -2.83. The molecule has 0 spiro atoms. The van der Waals surface area contributed by atoms with E-state index in [0.717, 1.165) is 0 Å².